The van der Waals surface area contributed by atoms with Crippen LogP contribution in [0.5, 0.6) is 0 Å². The summed E-state index contributed by atoms with van der Waals surface area (Å²) in [4.78, 5) is 6.64. The lowest BCUT2D eigenvalue weighted by Crippen LogP contribution is -2.33. The molecule has 2 rings (SSSR count). The molecule has 0 spiro atoms. The highest BCUT2D eigenvalue weighted by Crippen LogP contribution is 2.25. The summed E-state index contributed by atoms with van der Waals surface area (Å²) in [6.07, 6.45) is 4.30. The molecule has 0 amide bonds. The number of hydrogen-bond donors (Lipinski definition) is 2. The van der Waals surface area contributed by atoms with Gasteiger partial charge in [0.15, 0.2) is 5.03 Å². The van der Waals surface area contributed by atoms with Gasteiger partial charge in [-0.1, -0.05) is 6.92 Å². The largest absolute Gasteiger partial charge is 0.332 e. The van der Waals surface area contributed by atoms with Crippen molar-refractivity contribution in [1.29, 1.82) is 0 Å². The smallest absolute Gasteiger partial charge is 0.257 e. The quantitative estimate of drug-likeness (QED) is 0.837. The second-order valence-corrected chi connectivity index (χ2v) is 6.25. The van der Waals surface area contributed by atoms with Crippen LogP contribution in [0, 0.1) is 12.8 Å². The number of H-pyrrole nitrogens is 1. The average Bonchev–Trinajstić information content (AvgIpc) is 2.75. The first-order chi connectivity index (χ1) is 7.47. The van der Waals surface area contributed by atoms with E-state index in [1.54, 1.807) is 6.92 Å². The van der Waals surface area contributed by atoms with Crippen LogP contribution in [0.25, 0.3) is 0 Å². The molecule has 0 aromatic carbocycles. The van der Waals surface area contributed by atoms with Crippen molar-refractivity contribution in [3.63, 3.8) is 0 Å². The lowest BCUT2D eigenvalue weighted by Gasteiger charge is -2.11. The topological polar surface area (TPSA) is 74.8 Å². The van der Waals surface area contributed by atoms with Gasteiger partial charge in [0.1, 0.15) is 5.82 Å². The van der Waals surface area contributed by atoms with Crippen LogP contribution in [-0.2, 0) is 10.0 Å². The Kier molecular flexibility index (Phi) is 3.03. The fourth-order valence-electron chi connectivity index (χ4n) is 2.13. The number of rotatable bonds is 3. The molecule has 1 aromatic rings. The number of nitrogens with one attached hydrogen (secondary N) is 2. The van der Waals surface area contributed by atoms with E-state index in [4.69, 9.17) is 0 Å². The molecule has 6 heteroatoms. The first kappa shape index (κ1) is 11.6. The van der Waals surface area contributed by atoms with Gasteiger partial charge in [0.2, 0.25) is 0 Å². The summed E-state index contributed by atoms with van der Waals surface area (Å²) < 4.78 is 26.6. The monoisotopic (exact) mass is 243 g/mol. The summed E-state index contributed by atoms with van der Waals surface area (Å²) in [5.41, 5.74) is 0. The third-order valence-electron chi connectivity index (χ3n) is 2.99. The van der Waals surface area contributed by atoms with Crippen molar-refractivity contribution < 1.29 is 8.42 Å². The van der Waals surface area contributed by atoms with Crippen LogP contribution in [0.2, 0.25) is 0 Å². The molecule has 2 N–H and O–H groups in total. The van der Waals surface area contributed by atoms with Gasteiger partial charge in [-0.05, 0) is 32.1 Å². The molecule has 16 heavy (non-hydrogen) atoms. The Morgan fingerprint density at radius 3 is 2.75 bits per heavy atom. The van der Waals surface area contributed by atoms with Crippen molar-refractivity contribution in [2.45, 2.75) is 44.2 Å². The van der Waals surface area contributed by atoms with Gasteiger partial charge in [-0.25, -0.2) is 18.1 Å². The van der Waals surface area contributed by atoms with Gasteiger partial charge in [0.25, 0.3) is 10.0 Å². The number of nitrogens with zero attached hydrogens (tertiary/aromatic N) is 1. The molecule has 90 valence electrons. The first-order valence-electron chi connectivity index (χ1n) is 5.51. The molecular formula is C10H17N3O2S. The van der Waals surface area contributed by atoms with Crippen LogP contribution in [0.3, 0.4) is 0 Å². The third kappa shape index (κ3) is 2.44. The van der Waals surface area contributed by atoms with Gasteiger partial charge < -0.3 is 4.98 Å². The number of hydrogen-bond acceptors (Lipinski definition) is 3. The Hall–Kier alpha value is -0.880. The minimum atomic E-state index is -3.41. The normalized spacial score (nSPS) is 26.1. The minimum absolute atomic E-state index is 0.0728. The summed E-state index contributed by atoms with van der Waals surface area (Å²) in [5, 5.41) is 0.157. The summed E-state index contributed by atoms with van der Waals surface area (Å²) in [6, 6.07) is 0.0728. The zero-order chi connectivity index (χ0) is 11.8. The molecule has 1 saturated carbocycles. The van der Waals surface area contributed by atoms with E-state index in [1.807, 2.05) is 0 Å². The lowest BCUT2D eigenvalue weighted by molar-refractivity contribution is 0.536. The Morgan fingerprint density at radius 2 is 2.25 bits per heavy atom. The zero-order valence-corrected chi connectivity index (χ0v) is 10.3. The Balaban J connectivity index is 2.09. The van der Waals surface area contributed by atoms with E-state index in [0.717, 1.165) is 19.3 Å². The summed E-state index contributed by atoms with van der Waals surface area (Å²) >= 11 is 0. The van der Waals surface area contributed by atoms with Gasteiger partial charge in [-0.3, -0.25) is 0 Å². The van der Waals surface area contributed by atoms with Gasteiger partial charge >= 0.3 is 0 Å². The van der Waals surface area contributed by atoms with Gasteiger partial charge in [-0.2, -0.15) is 0 Å². The zero-order valence-electron chi connectivity index (χ0n) is 9.53. The van der Waals surface area contributed by atoms with E-state index < -0.39 is 10.0 Å². The Labute approximate surface area is 95.7 Å². The molecule has 1 fully saturated rings. The molecule has 1 aliphatic rings. The van der Waals surface area contributed by atoms with Crippen LogP contribution in [0.15, 0.2) is 11.2 Å². The van der Waals surface area contributed by atoms with E-state index in [-0.39, 0.29) is 11.1 Å². The first-order valence-corrected chi connectivity index (χ1v) is 6.99. The van der Waals surface area contributed by atoms with Crippen molar-refractivity contribution >= 4 is 10.0 Å². The van der Waals surface area contributed by atoms with Crippen LogP contribution in [-0.4, -0.2) is 24.4 Å². The number of aromatic nitrogens is 2. The van der Waals surface area contributed by atoms with Gasteiger partial charge in [0, 0.05) is 6.04 Å². The molecule has 1 aliphatic carbocycles. The molecular weight excluding hydrogens is 226 g/mol. The molecule has 0 bridgehead atoms. The maximum Gasteiger partial charge on any atom is 0.257 e. The maximum absolute atomic E-state index is 11.9. The fourth-order valence-corrected chi connectivity index (χ4v) is 3.39. The van der Waals surface area contributed by atoms with Crippen molar-refractivity contribution in [3.05, 3.63) is 12.0 Å². The summed E-state index contributed by atoms with van der Waals surface area (Å²) in [6.45, 7) is 3.88. The molecule has 1 aromatic heterocycles. The number of aryl methyl sites for hydroxylation is 1. The highest BCUT2D eigenvalue weighted by atomic mass is 32.2. The molecule has 0 radical (unpaired) electrons. The molecule has 0 saturated heterocycles. The second-order valence-electron chi connectivity index (χ2n) is 4.57. The maximum atomic E-state index is 11.9. The Bertz CT molecular complexity index is 466. The predicted octanol–water partition coefficient (Wildman–Crippen LogP) is 1.19. The van der Waals surface area contributed by atoms with Crippen LogP contribution >= 0.6 is 0 Å². The van der Waals surface area contributed by atoms with E-state index >= 15 is 0 Å². The number of sulfonamides is 1. The highest BCUT2D eigenvalue weighted by molar-refractivity contribution is 7.89. The average molecular weight is 243 g/mol. The molecule has 5 nitrogen and oxygen atoms in total. The summed E-state index contributed by atoms with van der Waals surface area (Å²) in [5.74, 6) is 1.22. The third-order valence-corrected chi connectivity index (χ3v) is 4.42. The molecule has 2 atom stereocenters. The van der Waals surface area contributed by atoms with E-state index in [9.17, 15) is 8.42 Å². The lowest BCUT2D eigenvalue weighted by atomic mass is 10.1. The number of imidazole rings is 1. The van der Waals surface area contributed by atoms with Crippen molar-refractivity contribution in [2.24, 2.45) is 5.92 Å². The predicted molar refractivity (Wildman–Crippen MR) is 60.4 cm³/mol. The molecule has 1 heterocycles. The summed E-state index contributed by atoms with van der Waals surface area (Å²) in [7, 11) is -3.41. The second kappa shape index (κ2) is 4.18. The minimum Gasteiger partial charge on any atom is -0.332 e. The molecule has 0 aliphatic heterocycles. The standard InChI is InChI=1S/C10H17N3O2S/c1-7-3-4-9(5-7)13-16(14,15)10-6-11-8(2)12-10/h6-7,9,13H,3-5H2,1-2H3,(H,11,12). The molecule has 2 unspecified atom stereocenters. The van der Waals surface area contributed by atoms with E-state index in [2.05, 4.69) is 21.6 Å². The number of aromatic amines is 1. The van der Waals surface area contributed by atoms with Crippen LogP contribution in [0.4, 0.5) is 0 Å². The fraction of sp³-hybridized carbons (Fsp3) is 0.700. The highest BCUT2D eigenvalue weighted by Gasteiger charge is 2.27. The Morgan fingerprint density at radius 1 is 1.50 bits per heavy atom. The van der Waals surface area contributed by atoms with Crippen LogP contribution < -0.4 is 4.72 Å². The van der Waals surface area contributed by atoms with E-state index in [1.165, 1.54) is 6.20 Å². The van der Waals surface area contributed by atoms with Crippen molar-refractivity contribution in [2.75, 3.05) is 0 Å². The van der Waals surface area contributed by atoms with Crippen molar-refractivity contribution in [3.8, 4) is 0 Å². The van der Waals surface area contributed by atoms with Crippen molar-refractivity contribution in [1.82, 2.24) is 14.7 Å². The van der Waals surface area contributed by atoms with E-state index in [0.29, 0.717) is 11.7 Å². The van der Waals surface area contributed by atoms with Crippen LogP contribution in [0.1, 0.15) is 32.0 Å². The SMILES string of the molecule is Cc1ncc(S(=O)(=O)NC2CCC(C)C2)[nH]1. The van der Waals surface area contributed by atoms with Gasteiger partial charge in [-0.15, -0.1) is 0 Å². The van der Waals surface area contributed by atoms with Gasteiger partial charge in [0.05, 0.1) is 6.20 Å².